The third-order valence-corrected chi connectivity index (χ3v) is 4.08. The molecule has 0 bridgehead atoms. The van der Waals surface area contributed by atoms with Crippen molar-refractivity contribution in [2.75, 3.05) is 19.9 Å². The normalized spacial score (nSPS) is 23.3. The topological polar surface area (TPSA) is 41.9 Å². The molecule has 2 aliphatic heterocycles. The number of fused-ring (bicyclic) bond motifs is 1. The van der Waals surface area contributed by atoms with Gasteiger partial charge in [-0.1, -0.05) is 6.92 Å². The van der Waals surface area contributed by atoms with Gasteiger partial charge in [-0.3, -0.25) is 4.90 Å². The Bertz CT molecular complexity index is 461. The second-order valence-electron chi connectivity index (χ2n) is 5.65. The first-order valence-electron chi connectivity index (χ1n) is 7.06. The van der Waals surface area contributed by atoms with Crippen molar-refractivity contribution in [3.8, 4) is 17.2 Å². The molecule has 1 aromatic carbocycles. The Balaban J connectivity index is 1.72. The second kappa shape index (κ2) is 5.29. The highest BCUT2D eigenvalue weighted by Gasteiger charge is 2.19. The first-order chi connectivity index (χ1) is 9.22. The van der Waals surface area contributed by atoms with Crippen LogP contribution in [0.4, 0.5) is 0 Å². The number of benzene rings is 1. The van der Waals surface area contributed by atoms with Gasteiger partial charge in [0.15, 0.2) is 11.5 Å². The van der Waals surface area contributed by atoms with E-state index in [9.17, 15) is 5.11 Å². The van der Waals surface area contributed by atoms with Gasteiger partial charge in [0.05, 0.1) is 0 Å². The predicted molar refractivity (Wildman–Crippen MR) is 72.5 cm³/mol. The Hall–Kier alpha value is -1.42. The molecule has 3 rings (SSSR count). The summed E-state index contributed by atoms with van der Waals surface area (Å²) in [5.41, 5.74) is 0.929. The summed E-state index contributed by atoms with van der Waals surface area (Å²) >= 11 is 0. The maximum absolute atomic E-state index is 10.1. The van der Waals surface area contributed by atoms with Crippen LogP contribution < -0.4 is 9.47 Å². The molecule has 1 N–H and O–H groups in total. The van der Waals surface area contributed by atoms with Crippen LogP contribution in [0.1, 0.15) is 31.7 Å². The fourth-order valence-electron chi connectivity index (χ4n) is 2.82. The number of phenolic OH excluding ortho intramolecular Hbond substituents is 1. The fraction of sp³-hybridized carbons (Fsp3) is 0.600. The van der Waals surface area contributed by atoms with Gasteiger partial charge in [-0.2, -0.15) is 0 Å². The third-order valence-electron chi connectivity index (χ3n) is 4.08. The quantitative estimate of drug-likeness (QED) is 0.891. The molecular weight excluding hydrogens is 242 g/mol. The number of aromatic hydroxyl groups is 1. The Morgan fingerprint density at radius 1 is 1.21 bits per heavy atom. The zero-order valence-electron chi connectivity index (χ0n) is 11.4. The summed E-state index contributed by atoms with van der Waals surface area (Å²) < 4.78 is 10.6. The summed E-state index contributed by atoms with van der Waals surface area (Å²) in [5.74, 6) is 2.51. The van der Waals surface area contributed by atoms with Crippen LogP contribution >= 0.6 is 0 Å². The van der Waals surface area contributed by atoms with Gasteiger partial charge < -0.3 is 14.6 Å². The SMILES string of the molecule is CC1CCCN(Cc2cc3c(cc2O)OCO3)CC1. The summed E-state index contributed by atoms with van der Waals surface area (Å²) in [6.07, 6.45) is 3.79. The first kappa shape index (κ1) is 12.6. The lowest BCUT2D eigenvalue weighted by Crippen LogP contribution is -2.24. The van der Waals surface area contributed by atoms with Gasteiger partial charge in [-0.25, -0.2) is 0 Å². The van der Waals surface area contributed by atoms with Crippen LogP contribution in [-0.2, 0) is 6.54 Å². The van der Waals surface area contributed by atoms with E-state index in [1.165, 1.54) is 19.3 Å². The number of phenols is 1. The lowest BCUT2D eigenvalue weighted by molar-refractivity contribution is 0.174. The summed E-state index contributed by atoms with van der Waals surface area (Å²) in [5, 5.41) is 10.1. The number of hydrogen-bond acceptors (Lipinski definition) is 4. The van der Waals surface area contributed by atoms with E-state index < -0.39 is 0 Å². The largest absolute Gasteiger partial charge is 0.507 e. The van der Waals surface area contributed by atoms with Gasteiger partial charge in [0, 0.05) is 18.2 Å². The smallest absolute Gasteiger partial charge is 0.231 e. The number of rotatable bonds is 2. The zero-order chi connectivity index (χ0) is 13.2. The molecule has 0 radical (unpaired) electrons. The molecule has 2 aliphatic rings. The molecule has 1 unspecified atom stereocenters. The van der Waals surface area contributed by atoms with Crippen LogP contribution in [0.25, 0.3) is 0 Å². The van der Waals surface area contributed by atoms with Crippen molar-refractivity contribution in [1.82, 2.24) is 4.90 Å². The predicted octanol–water partition coefficient (Wildman–Crippen LogP) is 2.74. The number of likely N-dealkylation sites (tertiary alicyclic amines) is 1. The van der Waals surface area contributed by atoms with Crippen molar-refractivity contribution in [2.24, 2.45) is 5.92 Å². The molecule has 0 saturated carbocycles. The van der Waals surface area contributed by atoms with Gasteiger partial charge in [0.25, 0.3) is 0 Å². The monoisotopic (exact) mass is 263 g/mol. The second-order valence-corrected chi connectivity index (χ2v) is 5.65. The number of nitrogens with zero attached hydrogens (tertiary/aromatic N) is 1. The average Bonchev–Trinajstić information content (AvgIpc) is 2.73. The molecule has 2 heterocycles. The molecule has 1 saturated heterocycles. The summed E-state index contributed by atoms with van der Waals surface area (Å²) in [4.78, 5) is 2.42. The molecule has 1 fully saturated rings. The molecule has 1 aromatic rings. The molecule has 0 aliphatic carbocycles. The minimum absolute atomic E-state index is 0.249. The van der Waals surface area contributed by atoms with E-state index in [4.69, 9.17) is 9.47 Å². The van der Waals surface area contributed by atoms with Crippen LogP contribution in [-0.4, -0.2) is 29.9 Å². The molecule has 1 atom stereocenters. The zero-order valence-corrected chi connectivity index (χ0v) is 11.4. The van der Waals surface area contributed by atoms with E-state index in [1.807, 2.05) is 6.07 Å². The van der Waals surface area contributed by atoms with Gasteiger partial charge in [-0.15, -0.1) is 0 Å². The average molecular weight is 263 g/mol. The van der Waals surface area contributed by atoms with Crippen LogP contribution in [0.2, 0.25) is 0 Å². The van der Waals surface area contributed by atoms with Crippen molar-refractivity contribution in [1.29, 1.82) is 0 Å². The number of ether oxygens (including phenoxy) is 2. The lowest BCUT2D eigenvalue weighted by Gasteiger charge is -2.20. The van der Waals surface area contributed by atoms with Crippen molar-refractivity contribution < 1.29 is 14.6 Å². The molecule has 0 amide bonds. The maximum atomic E-state index is 10.1. The van der Waals surface area contributed by atoms with Gasteiger partial charge in [-0.05, 0) is 44.3 Å². The van der Waals surface area contributed by atoms with E-state index in [0.29, 0.717) is 11.5 Å². The van der Waals surface area contributed by atoms with Crippen molar-refractivity contribution in [3.63, 3.8) is 0 Å². The van der Waals surface area contributed by atoms with Gasteiger partial charge in [0.2, 0.25) is 6.79 Å². The molecule has 4 nitrogen and oxygen atoms in total. The first-order valence-corrected chi connectivity index (χ1v) is 7.06. The van der Waals surface area contributed by atoms with E-state index in [2.05, 4.69) is 11.8 Å². The van der Waals surface area contributed by atoms with Crippen LogP contribution in [0.3, 0.4) is 0 Å². The Morgan fingerprint density at radius 3 is 2.84 bits per heavy atom. The standard InChI is InChI=1S/C15H21NO3/c1-11-3-2-5-16(6-4-11)9-12-7-14-15(8-13(12)17)19-10-18-14/h7-8,11,17H,2-6,9-10H2,1H3. The molecule has 0 aromatic heterocycles. The van der Waals surface area contributed by atoms with E-state index in [0.717, 1.165) is 36.9 Å². The highest BCUT2D eigenvalue weighted by atomic mass is 16.7. The Labute approximate surface area is 113 Å². The minimum atomic E-state index is 0.249. The lowest BCUT2D eigenvalue weighted by atomic mass is 10.0. The van der Waals surface area contributed by atoms with E-state index >= 15 is 0 Å². The molecule has 19 heavy (non-hydrogen) atoms. The molecule has 104 valence electrons. The molecular formula is C15H21NO3. The van der Waals surface area contributed by atoms with Crippen molar-refractivity contribution in [2.45, 2.75) is 32.7 Å². The minimum Gasteiger partial charge on any atom is -0.507 e. The van der Waals surface area contributed by atoms with Crippen molar-refractivity contribution >= 4 is 0 Å². The number of hydrogen-bond donors (Lipinski definition) is 1. The van der Waals surface area contributed by atoms with Crippen molar-refractivity contribution in [3.05, 3.63) is 17.7 Å². The molecule has 0 spiro atoms. The summed E-state index contributed by atoms with van der Waals surface area (Å²) in [6.45, 7) is 5.57. The summed E-state index contributed by atoms with van der Waals surface area (Å²) in [7, 11) is 0. The van der Waals surface area contributed by atoms with Crippen LogP contribution in [0, 0.1) is 5.92 Å². The highest BCUT2D eigenvalue weighted by Crippen LogP contribution is 2.38. The fourth-order valence-corrected chi connectivity index (χ4v) is 2.82. The third kappa shape index (κ3) is 2.78. The van der Waals surface area contributed by atoms with E-state index in [1.54, 1.807) is 6.07 Å². The summed E-state index contributed by atoms with van der Waals surface area (Å²) in [6, 6.07) is 3.57. The van der Waals surface area contributed by atoms with Gasteiger partial charge >= 0.3 is 0 Å². The maximum Gasteiger partial charge on any atom is 0.231 e. The highest BCUT2D eigenvalue weighted by molar-refractivity contribution is 5.51. The van der Waals surface area contributed by atoms with Gasteiger partial charge in [0.1, 0.15) is 5.75 Å². The van der Waals surface area contributed by atoms with Crippen LogP contribution in [0.5, 0.6) is 17.2 Å². The van der Waals surface area contributed by atoms with E-state index in [-0.39, 0.29) is 6.79 Å². The Morgan fingerprint density at radius 2 is 2.00 bits per heavy atom. The Kier molecular flexibility index (Phi) is 3.51. The van der Waals surface area contributed by atoms with Crippen LogP contribution in [0.15, 0.2) is 12.1 Å². The molecule has 4 heteroatoms.